The standard InChI is InChI=1S/C29H33N3O6/c1-19-25(28(33)37-4)27(22-12-8-13-23(16-22)32(35)36)26(20(2)30(19)3)29(34)38-24-14-9-15-31(18-24)17-21-10-6-5-7-11-21/h5-8,10-13,16,24,27H,9,14-15,17-18H2,1-4H3. The fourth-order valence-electron chi connectivity index (χ4n) is 5.28. The molecule has 0 aliphatic carbocycles. The molecule has 0 amide bonds. The van der Waals surface area contributed by atoms with Crippen molar-refractivity contribution in [2.24, 2.45) is 0 Å². The molecule has 9 heteroatoms. The van der Waals surface area contributed by atoms with E-state index in [1.54, 1.807) is 37.9 Å². The van der Waals surface area contributed by atoms with E-state index in [-0.39, 0.29) is 22.9 Å². The van der Waals surface area contributed by atoms with Crippen LogP contribution in [0.5, 0.6) is 0 Å². The number of rotatable bonds is 7. The van der Waals surface area contributed by atoms with Gasteiger partial charge in [0.1, 0.15) is 6.10 Å². The van der Waals surface area contributed by atoms with Crippen molar-refractivity contribution in [1.29, 1.82) is 0 Å². The summed E-state index contributed by atoms with van der Waals surface area (Å²) in [5.74, 6) is -2.00. The predicted molar refractivity (Wildman–Crippen MR) is 142 cm³/mol. The number of carbonyl (C=O) groups excluding carboxylic acids is 2. The van der Waals surface area contributed by atoms with E-state index in [1.807, 2.05) is 18.2 Å². The zero-order valence-corrected chi connectivity index (χ0v) is 22.2. The third-order valence-electron chi connectivity index (χ3n) is 7.39. The summed E-state index contributed by atoms with van der Waals surface area (Å²) in [6.45, 7) is 5.84. The molecule has 0 saturated carbocycles. The molecule has 38 heavy (non-hydrogen) atoms. The van der Waals surface area contributed by atoms with E-state index in [0.29, 0.717) is 23.5 Å². The van der Waals surface area contributed by atoms with Gasteiger partial charge in [0.15, 0.2) is 0 Å². The SMILES string of the molecule is COC(=O)C1=C(C)N(C)C(C)=C(C(=O)OC2CCCN(Cc3ccccc3)C2)C1c1cccc([N+](=O)[O-])c1. The molecule has 4 rings (SSSR count). The van der Waals surface area contributed by atoms with Crippen molar-refractivity contribution < 1.29 is 24.0 Å². The molecule has 2 aliphatic rings. The van der Waals surface area contributed by atoms with Crippen LogP contribution in [0, 0.1) is 10.1 Å². The van der Waals surface area contributed by atoms with Crippen molar-refractivity contribution in [3.8, 4) is 0 Å². The molecule has 9 nitrogen and oxygen atoms in total. The number of carbonyl (C=O) groups is 2. The number of piperidine rings is 1. The normalized spacial score (nSPS) is 20.4. The summed E-state index contributed by atoms with van der Waals surface area (Å²) in [6.07, 6.45) is 1.31. The van der Waals surface area contributed by atoms with Crippen LogP contribution >= 0.6 is 0 Å². The van der Waals surface area contributed by atoms with Crippen LogP contribution in [0.3, 0.4) is 0 Å². The number of methoxy groups -OCH3 is 1. The van der Waals surface area contributed by atoms with E-state index >= 15 is 0 Å². The maximum Gasteiger partial charge on any atom is 0.337 e. The van der Waals surface area contributed by atoms with Crippen molar-refractivity contribution in [2.45, 2.75) is 45.3 Å². The number of benzene rings is 2. The van der Waals surface area contributed by atoms with Crippen LogP contribution in [0.1, 0.15) is 43.7 Å². The zero-order chi connectivity index (χ0) is 27.4. The molecule has 0 aromatic heterocycles. The second-order valence-corrected chi connectivity index (χ2v) is 9.72. The summed E-state index contributed by atoms with van der Waals surface area (Å²) in [6, 6.07) is 16.2. The van der Waals surface area contributed by atoms with Crippen LogP contribution in [0.15, 0.2) is 77.1 Å². The molecule has 2 heterocycles. The molecule has 2 atom stereocenters. The molecular formula is C29H33N3O6. The van der Waals surface area contributed by atoms with Gasteiger partial charge in [0.2, 0.25) is 0 Å². The Morgan fingerprint density at radius 1 is 1.03 bits per heavy atom. The lowest BCUT2D eigenvalue weighted by Crippen LogP contribution is -2.41. The Morgan fingerprint density at radius 2 is 1.71 bits per heavy atom. The highest BCUT2D eigenvalue weighted by Crippen LogP contribution is 2.43. The summed E-state index contributed by atoms with van der Waals surface area (Å²) in [5.41, 5.74) is 3.27. The lowest BCUT2D eigenvalue weighted by atomic mass is 9.79. The van der Waals surface area contributed by atoms with Crippen LogP contribution in [0.4, 0.5) is 5.69 Å². The number of allylic oxidation sites excluding steroid dienone is 2. The van der Waals surface area contributed by atoms with E-state index in [2.05, 4.69) is 17.0 Å². The lowest BCUT2D eigenvalue weighted by Gasteiger charge is -2.37. The first-order valence-electron chi connectivity index (χ1n) is 12.7. The number of non-ortho nitro benzene ring substituents is 1. The molecule has 2 aliphatic heterocycles. The minimum atomic E-state index is -0.866. The van der Waals surface area contributed by atoms with Crippen LogP contribution < -0.4 is 0 Å². The van der Waals surface area contributed by atoms with Gasteiger partial charge in [-0.05, 0) is 44.4 Å². The van der Waals surface area contributed by atoms with Gasteiger partial charge >= 0.3 is 11.9 Å². The number of nitro benzene ring substituents is 1. The number of nitro groups is 1. The van der Waals surface area contributed by atoms with Crippen LogP contribution in [-0.4, -0.2) is 60.0 Å². The molecule has 2 aromatic rings. The van der Waals surface area contributed by atoms with Gasteiger partial charge in [-0.1, -0.05) is 42.5 Å². The summed E-state index contributed by atoms with van der Waals surface area (Å²) in [5, 5.41) is 11.5. The third-order valence-corrected chi connectivity index (χ3v) is 7.39. The first-order valence-corrected chi connectivity index (χ1v) is 12.7. The number of hydrogen-bond acceptors (Lipinski definition) is 8. The molecule has 0 spiro atoms. The quantitative estimate of drug-likeness (QED) is 0.298. The molecule has 1 saturated heterocycles. The van der Waals surface area contributed by atoms with Crippen molar-refractivity contribution in [2.75, 3.05) is 27.2 Å². The predicted octanol–water partition coefficient (Wildman–Crippen LogP) is 4.55. The number of ether oxygens (including phenoxy) is 2. The maximum atomic E-state index is 13.8. The third kappa shape index (κ3) is 5.62. The second kappa shape index (κ2) is 11.6. The molecule has 0 bridgehead atoms. The van der Waals surface area contributed by atoms with E-state index in [0.717, 1.165) is 25.9 Å². The fourth-order valence-corrected chi connectivity index (χ4v) is 5.28. The minimum Gasteiger partial charge on any atom is -0.466 e. The Hall–Kier alpha value is -3.98. The fraction of sp³-hybridized carbons (Fsp3) is 0.379. The van der Waals surface area contributed by atoms with E-state index in [4.69, 9.17) is 9.47 Å². The van der Waals surface area contributed by atoms with Crippen LogP contribution in [-0.2, 0) is 25.6 Å². The Labute approximate surface area is 222 Å². The zero-order valence-electron chi connectivity index (χ0n) is 22.2. The van der Waals surface area contributed by atoms with Crippen LogP contribution in [0.25, 0.3) is 0 Å². The number of hydrogen-bond donors (Lipinski definition) is 0. The van der Waals surface area contributed by atoms with Crippen molar-refractivity contribution in [3.63, 3.8) is 0 Å². The summed E-state index contributed by atoms with van der Waals surface area (Å²) in [7, 11) is 3.05. The van der Waals surface area contributed by atoms with Crippen LogP contribution in [0.2, 0.25) is 0 Å². The van der Waals surface area contributed by atoms with Gasteiger partial charge in [-0.2, -0.15) is 0 Å². The van der Waals surface area contributed by atoms with Gasteiger partial charge in [-0.3, -0.25) is 15.0 Å². The molecule has 0 N–H and O–H groups in total. The maximum absolute atomic E-state index is 13.8. The highest BCUT2D eigenvalue weighted by molar-refractivity contribution is 6.00. The summed E-state index contributed by atoms with van der Waals surface area (Å²) in [4.78, 5) is 41.9. The van der Waals surface area contributed by atoms with Crippen molar-refractivity contribution >= 4 is 17.6 Å². The highest BCUT2D eigenvalue weighted by atomic mass is 16.6. The number of nitrogens with zero attached hydrogens (tertiary/aromatic N) is 3. The molecule has 1 fully saturated rings. The first-order chi connectivity index (χ1) is 18.2. The number of esters is 2. The average molecular weight is 520 g/mol. The van der Waals surface area contributed by atoms with Gasteiger partial charge < -0.3 is 14.4 Å². The number of likely N-dealkylation sites (tertiary alicyclic amines) is 1. The van der Waals surface area contributed by atoms with Gasteiger partial charge in [0.25, 0.3) is 5.69 Å². The topological polar surface area (TPSA) is 102 Å². The van der Waals surface area contributed by atoms with Gasteiger partial charge in [-0.25, -0.2) is 9.59 Å². The minimum absolute atomic E-state index is 0.127. The first kappa shape index (κ1) is 27.1. The molecule has 2 unspecified atom stereocenters. The Morgan fingerprint density at radius 3 is 2.37 bits per heavy atom. The van der Waals surface area contributed by atoms with Gasteiger partial charge in [0.05, 0.1) is 29.1 Å². The van der Waals surface area contributed by atoms with E-state index in [9.17, 15) is 19.7 Å². The second-order valence-electron chi connectivity index (χ2n) is 9.72. The summed E-state index contributed by atoms with van der Waals surface area (Å²) < 4.78 is 11.2. The Bertz CT molecular complexity index is 1290. The molecular weight excluding hydrogens is 486 g/mol. The highest BCUT2D eigenvalue weighted by Gasteiger charge is 2.41. The Kier molecular flexibility index (Phi) is 8.26. The van der Waals surface area contributed by atoms with Crippen molar-refractivity contribution in [3.05, 3.63) is 98.4 Å². The summed E-state index contributed by atoms with van der Waals surface area (Å²) >= 11 is 0. The average Bonchev–Trinajstić information content (AvgIpc) is 2.92. The molecule has 2 aromatic carbocycles. The molecule has 200 valence electrons. The van der Waals surface area contributed by atoms with Gasteiger partial charge in [0, 0.05) is 43.7 Å². The van der Waals surface area contributed by atoms with E-state index < -0.39 is 22.8 Å². The molecule has 0 radical (unpaired) electrons. The van der Waals surface area contributed by atoms with E-state index in [1.165, 1.54) is 24.8 Å². The smallest absolute Gasteiger partial charge is 0.337 e. The monoisotopic (exact) mass is 519 g/mol. The lowest BCUT2D eigenvalue weighted by molar-refractivity contribution is -0.384. The van der Waals surface area contributed by atoms with Gasteiger partial charge in [-0.15, -0.1) is 0 Å². The Balaban J connectivity index is 1.65. The largest absolute Gasteiger partial charge is 0.466 e. The van der Waals surface area contributed by atoms with Crippen molar-refractivity contribution in [1.82, 2.24) is 9.80 Å².